The topological polar surface area (TPSA) is 177 Å². The van der Waals surface area contributed by atoms with E-state index in [1.807, 2.05) is 0 Å². The molecule has 0 fully saturated rings. The highest BCUT2D eigenvalue weighted by Crippen LogP contribution is 2.13. The average Bonchev–Trinajstić information content (AvgIpc) is 3.15. The van der Waals surface area contributed by atoms with Crippen molar-refractivity contribution in [3.8, 4) is 5.75 Å². The van der Waals surface area contributed by atoms with E-state index in [4.69, 9.17) is 54.8 Å². The van der Waals surface area contributed by atoms with Gasteiger partial charge in [0.25, 0.3) is 0 Å². The molecule has 1 rings (SSSR count). The number of rotatable bonds is 36. The van der Waals surface area contributed by atoms with Gasteiger partial charge in [0.05, 0.1) is 119 Å². The molecule has 0 saturated carbocycles. The lowest BCUT2D eigenvalue weighted by molar-refractivity contribution is -0.126. The van der Waals surface area contributed by atoms with Crippen LogP contribution in [-0.4, -0.2) is 173 Å². The maximum atomic E-state index is 11.9. The lowest BCUT2D eigenvalue weighted by Gasteiger charge is -2.14. The van der Waals surface area contributed by atoms with Crippen LogP contribution in [-0.2, 0) is 52.2 Å². The van der Waals surface area contributed by atoms with E-state index >= 15 is 0 Å². The fourth-order valence-corrected chi connectivity index (χ4v) is 4.05. The summed E-state index contributed by atoms with van der Waals surface area (Å²) in [4.78, 5) is 25.1. The number of likely N-dealkylation sites (N-methyl/N-ethyl adjacent to an activating group) is 1. The second kappa shape index (κ2) is 35.8. The third-order valence-electron chi connectivity index (χ3n) is 6.63. The van der Waals surface area contributed by atoms with E-state index in [-0.39, 0.29) is 24.0 Å². The highest BCUT2D eigenvalue weighted by atomic mass is 32.1. The summed E-state index contributed by atoms with van der Waals surface area (Å²) in [5, 5.41) is 18.6. The zero-order valence-corrected chi connectivity index (χ0v) is 31.9. The van der Waals surface area contributed by atoms with Crippen LogP contribution in [0.5, 0.6) is 5.75 Å². The Balaban J connectivity index is 1.69. The van der Waals surface area contributed by atoms with Crippen molar-refractivity contribution in [2.24, 2.45) is 0 Å². The van der Waals surface area contributed by atoms with Gasteiger partial charge in [-0.25, -0.2) is 0 Å². The predicted octanol–water partition coefficient (Wildman–Crippen LogP) is 1.53. The van der Waals surface area contributed by atoms with Gasteiger partial charge in [0.2, 0.25) is 11.8 Å². The van der Waals surface area contributed by atoms with E-state index in [2.05, 4.69) is 22.5 Å². The zero-order valence-electron chi connectivity index (χ0n) is 31.1. The predicted molar refractivity (Wildman–Crippen MR) is 204 cm³/mol. The summed E-state index contributed by atoms with van der Waals surface area (Å²) in [5.74, 6) is -0.116. The Morgan fingerprint density at radius 2 is 1.04 bits per heavy atom. The number of carbonyl (C=O) groups is 2. The summed E-state index contributed by atoms with van der Waals surface area (Å²) in [6.45, 7) is 13.1. The number of phenols is 1. The molecule has 2 amide bonds. The molecular formula is C36H60N4O12S. The van der Waals surface area contributed by atoms with Crippen LogP contribution in [0, 0.1) is 0 Å². The van der Waals surface area contributed by atoms with Crippen molar-refractivity contribution < 1.29 is 57.3 Å². The summed E-state index contributed by atoms with van der Waals surface area (Å²) >= 11 is 5.22. The molecule has 302 valence electrons. The molecule has 0 saturated heterocycles. The molecule has 1 aromatic carbocycles. The molecule has 0 atom stereocenters. The molecule has 4 N–H and O–H groups in total. The van der Waals surface area contributed by atoms with E-state index < -0.39 is 0 Å². The Kier molecular flexibility index (Phi) is 32.3. The van der Waals surface area contributed by atoms with Crippen LogP contribution in [0.15, 0.2) is 49.1 Å². The van der Waals surface area contributed by atoms with Crippen LogP contribution < -0.4 is 16.0 Å². The van der Waals surface area contributed by atoms with E-state index in [0.717, 1.165) is 5.69 Å². The first-order valence-electron chi connectivity index (χ1n) is 17.8. The largest absolute Gasteiger partial charge is 0.508 e. The van der Waals surface area contributed by atoms with Crippen LogP contribution in [0.3, 0.4) is 0 Å². The second-order valence-electron chi connectivity index (χ2n) is 10.9. The van der Waals surface area contributed by atoms with E-state index in [9.17, 15) is 14.7 Å². The number of aromatic hydroxyl groups is 1. The van der Waals surface area contributed by atoms with Gasteiger partial charge >= 0.3 is 0 Å². The summed E-state index contributed by atoms with van der Waals surface area (Å²) in [6, 6.07) is 6.65. The highest BCUT2D eigenvalue weighted by molar-refractivity contribution is 7.80. The number of hydrogen-bond acceptors (Lipinski definition) is 13. The Hall–Kier alpha value is -3.23. The van der Waals surface area contributed by atoms with Gasteiger partial charge in [-0.2, -0.15) is 0 Å². The number of ether oxygens (including phenoxy) is 9. The highest BCUT2D eigenvalue weighted by Gasteiger charge is 2.07. The minimum Gasteiger partial charge on any atom is -0.508 e. The Morgan fingerprint density at radius 1 is 0.660 bits per heavy atom. The first kappa shape index (κ1) is 47.8. The monoisotopic (exact) mass is 772 g/mol. The minimum absolute atomic E-state index is 0.140. The number of anilines is 1. The molecule has 0 unspecified atom stereocenters. The molecule has 0 spiro atoms. The molecule has 0 aliphatic rings. The van der Waals surface area contributed by atoms with Crippen molar-refractivity contribution in [2.75, 3.05) is 151 Å². The molecular weight excluding hydrogens is 712 g/mol. The van der Waals surface area contributed by atoms with Gasteiger partial charge in [-0.1, -0.05) is 18.7 Å². The molecule has 0 bridgehead atoms. The third-order valence-corrected chi connectivity index (χ3v) is 6.87. The van der Waals surface area contributed by atoms with Crippen molar-refractivity contribution in [1.29, 1.82) is 0 Å². The van der Waals surface area contributed by atoms with Crippen molar-refractivity contribution in [1.82, 2.24) is 15.5 Å². The smallest absolute Gasteiger partial charge is 0.246 e. The molecule has 0 radical (unpaired) electrons. The van der Waals surface area contributed by atoms with E-state index in [1.54, 1.807) is 37.4 Å². The molecule has 1 aromatic rings. The van der Waals surface area contributed by atoms with Crippen molar-refractivity contribution in [3.05, 3.63) is 49.1 Å². The fourth-order valence-electron chi connectivity index (χ4n) is 3.83. The number of benzene rings is 1. The van der Waals surface area contributed by atoms with Crippen molar-refractivity contribution in [3.63, 3.8) is 0 Å². The molecule has 0 aromatic heterocycles. The molecule has 0 aliphatic carbocycles. The Bertz CT molecular complexity index is 1100. The normalized spacial score (nSPS) is 11.1. The molecule has 0 heterocycles. The van der Waals surface area contributed by atoms with Crippen LogP contribution in [0.25, 0.3) is 0 Å². The quantitative estimate of drug-likeness (QED) is 0.0254. The van der Waals surface area contributed by atoms with Crippen LogP contribution in [0.1, 0.15) is 6.42 Å². The van der Waals surface area contributed by atoms with Gasteiger partial charge in [0.15, 0.2) is 5.11 Å². The number of thiocarbonyl (C=S) groups is 1. The molecule has 53 heavy (non-hydrogen) atoms. The lowest BCUT2D eigenvalue weighted by atomic mass is 10.3. The van der Waals surface area contributed by atoms with E-state index in [1.165, 1.54) is 17.1 Å². The first-order chi connectivity index (χ1) is 25.9. The molecule has 0 aliphatic heterocycles. The van der Waals surface area contributed by atoms with Crippen LogP contribution in [0.4, 0.5) is 5.69 Å². The van der Waals surface area contributed by atoms with Gasteiger partial charge in [-0.15, -0.1) is 0 Å². The van der Waals surface area contributed by atoms with Crippen LogP contribution in [0.2, 0.25) is 0 Å². The van der Waals surface area contributed by atoms with Crippen molar-refractivity contribution >= 4 is 34.8 Å². The van der Waals surface area contributed by atoms with Gasteiger partial charge in [0, 0.05) is 44.9 Å². The lowest BCUT2D eigenvalue weighted by Crippen LogP contribution is -2.33. The maximum absolute atomic E-state index is 11.9. The number of hydrogen-bond donors (Lipinski definition) is 4. The van der Waals surface area contributed by atoms with E-state index in [0.29, 0.717) is 144 Å². The SMILES string of the molecule is C=C/C=C\C(=O)N(C)CCC(=O)NCCOCCOCCOCCOCCOCCOCCOCCOCCOCCNC(=S)Nc1ccc(O)cc1. The third kappa shape index (κ3) is 32.0. The van der Waals surface area contributed by atoms with Crippen LogP contribution >= 0.6 is 12.2 Å². The average molecular weight is 773 g/mol. The maximum Gasteiger partial charge on any atom is 0.246 e. The number of allylic oxidation sites excluding steroid dienone is 2. The second-order valence-corrected chi connectivity index (χ2v) is 11.3. The minimum atomic E-state index is -0.177. The number of nitrogens with one attached hydrogen (secondary N) is 3. The number of nitrogens with zero attached hydrogens (tertiary/aromatic N) is 1. The summed E-state index contributed by atoms with van der Waals surface area (Å²) < 4.78 is 49.3. The number of carbonyl (C=O) groups excluding carboxylic acids is 2. The number of phenolic OH excluding ortho intramolecular Hbond substituents is 1. The van der Waals surface area contributed by atoms with Gasteiger partial charge in [0.1, 0.15) is 5.75 Å². The number of amides is 2. The summed E-state index contributed by atoms with van der Waals surface area (Å²) in [6.07, 6.45) is 4.71. The Labute approximate surface area is 319 Å². The summed E-state index contributed by atoms with van der Waals surface area (Å²) in [5.41, 5.74) is 0.791. The Morgan fingerprint density at radius 3 is 1.43 bits per heavy atom. The van der Waals surface area contributed by atoms with Gasteiger partial charge < -0.3 is 68.6 Å². The molecule has 16 nitrogen and oxygen atoms in total. The molecule has 17 heteroatoms. The van der Waals surface area contributed by atoms with Gasteiger partial charge in [-0.05, 0) is 36.5 Å². The standard InChI is InChI=1S/C36H60N4O12S/c1-3-4-5-35(43)40(2)13-10-34(42)37-11-14-44-16-18-46-20-22-48-24-26-50-28-30-52-31-29-51-27-25-49-23-21-47-19-17-45-15-12-38-36(53)39-32-6-8-33(41)9-7-32/h3-9,41H,1,10-31H2,2H3,(H,37,42)(H2,38,39,53)/b5-4-. The summed E-state index contributed by atoms with van der Waals surface area (Å²) in [7, 11) is 1.64. The van der Waals surface area contributed by atoms with Gasteiger partial charge in [-0.3, -0.25) is 9.59 Å². The fraction of sp³-hybridized carbons (Fsp3) is 0.639. The first-order valence-corrected chi connectivity index (χ1v) is 18.2. The zero-order chi connectivity index (χ0) is 38.5. The van der Waals surface area contributed by atoms with Crippen molar-refractivity contribution in [2.45, 2.75) is 6.42 Å².